The Morgan fingerprint density at radius 3 is 1.98 bits per heavy atom. The number of Topliss-reactive ketones (excluding diaryl/α,β-unsaturated/α-hetero) is 2. The lowest BCUT2D eigenvalue weighted by atomic mass is 9.48. The summed E-state index contributed by atoms with van der Waals surface area (Å²) in [4.78, 5) is 29.6. The number of ketones is 2. The fourth-order valence-electron chi connectivity index (χ4n) is 11.4. The molecule has 7 aliphatic rings. The van der Waals surface area contributed by atoms with Crippen molar-refractivity contribution >= 4 is 11.6 Å². The van der Waals surface area contributed by atoms with Crippen molar-refractivity contribution in [2.75, 3.05) is 0 Å². The van der Waals surface area contributed by atoms with Crippen LogP contribution in [-0.2, 0) is 4.74 Å². The number of carbonyl (C=O) groups is 2. The number of benzene rings is 2. The van der Waals surface area contributed by atoms with Crippen LogP contribution in [0.1, 0.15) is 96.4 Å². The van der Waals surface area contributed by atoms with Crippen LogP contribution in [0.15, 0.2) is 59.7 Å². The molecule has 2 aromatic carbocycles. The van der Waals surface area contributed by atoms with Crippen LogP contribution >= 0.6 is 0 Å². The van der Waals surface area contributed by atoms with Crippen LogP contribution < -0.4 is 4.74 Å². The normalized spacial score (nSPS) is 46.8. The fourth-order valence-corrected chi connectivity index (χ4v) is 11.4. The molecule has 1 aliphatic heterocycles. The van der Waals surface area contributed by atoms with E-state index in [1.54, 1.807) is 19.9 Å². The predicted molar refractivity (Wildman–Crippen MR) is 172 cm³/mol. The van der Waals surface area contributed by atoms with Crippen molar-refractivity contribution in [1.29, 1.82) is 0 Å². The Hall–Kier alpha value is -3.46. The van der Waals surface area contributed by atoms with E-state index in [9.17, 15) is 50.4 Å². The molecule has 9 rings (SSSR count). The molecule has 8 N–H and O–H groups in total. The summed E-state index contributed by atoms with van der Waals surface area (Å²) in [7, 11) is 0. The third-order valence-corrected chi connectivity index (χ3v) is 13.3. The number of aliphatic hydroxyl groups is 7. The Balaban J connectivity index is 1.22. The predicted octanol–water partition coefficient (Wildman–Crippen LogP) is 1.61. The molecule has 12 heteroatoms. The van der Waals surface area contributed by atoms with Crippen LogP contribution in [0.2, 0.25) is 0 Å². The molecule has 0 amide bonds. The topological polar surface area (TPSA) is 218 Å². The van der Waals surface area contributed by atoms with Crippen LogP contribution in [0.3, 0.4) is 0 Å². The van der Waals surface area contributed by atoms with Gasteiger partial charge >= 0.3 is 0 Å². The van der Waals surface area contributed by atoms with E-state index in [1.165, 1.54) is 42.5 Å². The van der Waals surface area contributed by atoms with E-state index >= 15 is 0 Å². The first-order valence-corrected chi connectivity index (χ1v) is 17.2. The molecule has 264 valence electrons. The molecule has 0 radical (unpaired) electrons. The maximum Gasteiger partial charge on any atom is 0.213 e. The van der Waals surface area contributed by atoms with Crippen LogP contribution in [0, 0.1) is 11.8 Å². The number of hydrogen-bond donors (Lipinski definition) is 8. The summed E-state index contributed by atoms with van der Waals surface area (Å²) in [5.41, 5.74) is -10.6. The molecule has 12 atom stereocenters. The third-order valence-electron chi connectivity index (χ3n) is 13.3. The molecule has 3 fully saturated rings. The van der Waals surface area contributed by atoms with Crippen molar-refractivity contribution in [2.45, 2.75) is 110 Å². The zero-order chi connectivity index (χ0) is 35.6. The van der Waals surface area contributed by atoms with Gasteiger partial charge in [-0.2, -0.15) is 0 Å². The summed E-state index contributed by atoms with van der Waals surface area (Å²) < 4.78 is 12.9. The van der Waals surface area contributed by atoms with Gasteiger partial charge in [0, 0.05) is 6.42 Å². The monoisotopic (exact) mass is 688 g/mol. The van der Waals surface area contributed by atoms with Crippen LogP contribution in [0.25, 0.3) is 0 Å². The molecule has 1 saturated heterocycles. The van der Waals surface area contributed by atoms with Crippen molar-refractivity contribution in [3.8, 4) is 11.5 Å². The van der Waals surface area contributed by atoms with Crippen LogP contribution in [0.5, 0.6) is 11.5 Å². The number of hydrogen-bond acceptors (Lipinski definition) is 12. The number of aliphatic hydroxyl groups excluding tert-OH is 4. The number of epoxide rings is 1. The average Bonchev–Trinajstić information content (AvgIpc) is 3.74. The number of ether oxygens (including phenoxy) is 2. The minimum absolute atomic E-state index is 0.0324. The summed E-state index contributed by atoms with van der Waals surface area (Å²) in [6.45, 7) is 3.52. The molecule has 1 heterocycles. The van der Waals surface area contributed by atoms with Crippen LogP contribution in [-0.4, -0.2) is 98.2 Å². The first kappa shape index (κ1) is 32.4. The summed E-state index contributed by atoms with van der Waals surface area (Å²) in [6.07, 6.45) is -3.24. The van der Waals surface area contributed by atoms with E-state index in [-0.39, 0.29) is 66.5 Å². The van der Waals surface area contributed by atoms with Gasteiger partial charge in [-0.15, -0.1) is 0 Å². The highest BCUT2D eigenvalue weighted by atomic mass is 16.7. The maximum absolute atomic E-state index is 14.8. The number of phenolic OH excluding ortho intramolecular Hbond substituents is 1. The van der Waals surface area contributed by atoms with Gasteiger partial charge in [0.05, 0.1) is 46.4 Å². The summed E-state index contributed by atoms with van der Waals surface area (Å²) in [6, 6.07) is 8.41. The molecule has 0 spiro atoms. The molecule has 12 nitrogen and oxygen atoms in total. The average molecular weight is 689 g/mol. The molecule has 50 heavy (non-hydrogen) atoms. The van der Waals surface area contributed by atoms with E-state index < -0.39 is 87.2 Å². The maximum atomic E-state index is 14.8. The van der Waals surface area contributed by atoms with E-state index in [4.69, 9.17) is 9.47 Å². The SMILES string of the molecule is CC1=C[C@@H](O)[C@H]2[C@](O)(CC[C@]3(Oc4cccc5c4C(=O)[C@]46CC[C@]7(O)CC(C)=C[C@@H](O)[C@@H]7[C@]4(O6)[C@H]5O)C(=O)c4c(O)cccc4[C@H](O)[C@@]23O)C1. The molecule has 0 bridgehead atoms. The zero-order valence-electron chi connectivity index (χ0n) is 27.5. The Kier molecular flexibility index (Phi) is 6.29. The lowest BCUT2D eigenvalue weighted by molar-refractivity contribution is -0.284. The minimum atomic E-state index is -2.69. The number of carbonyl (C=O) groups excluding carboxylic acids is 2. The Bertz CT molecular complexity index is 1970. The second-order valence-electron chi connectivity index (χ2n) is 15.9. The van der Waals surface area contributed by atoms with Gasteiger partial charge in [0.1, 0.15) is 34.9 Å². The molecule has 0 aromatic heterocycles. The van der Waals surface area contributed by atoms with Gasteiger partial charge in [0.15, 0.2) is 5.60 Å². The van der Waals surface area contributed by atoms with Crippen molar-refractivity contribution in [2.24, 2.45) is 11.8 Å². The number of aromatic hydroxyl groups is 1. The van der Waals surface area contributed by atoms with E-state index in [1.807, 2.05) is 0 Å². The largest absolute Gasteiger partial charge is 0.507 e. The molecule has 6 aliphatic carbocycles. The van der Waals surface area contributed by atoms with Gasteiger partial charge in [-0.3, -0.25) is 9.59 Å². The van der Waals surface area contributed by atoms with Gasteiger partial charge in [-0.05, 0) is 69.2 Å². The third kappa shape index (κ3) is 3.49. The summed E-state index contributed by atoms with van der Waals surface area (Å²) in [5, 5.41) is 94.4. The van der Waals surface area contributed by atoms with Gasteiger partial charge in [0.25, 0.3) is 0 Å². The number of phenols is 1. The van der Waals surface area contributed by atoms with Gasteiger partial charge in [-0.1, -0.05) is 47.6 Å². The molecule has 0 unspecified atom stereocenters. The lowest BCUT2D eigenvalue weighted by Gasteiger charge is -2.63. The van der Waals surface area contributed by atoms with Gasteiger partial charge in [0.2, 0.25) is 17.2 Å². The first-order valence-electron chi connectivity index (χ1n) is 17.2. The first-order chi connectivity index (χ1) is 23.5. The highest BCUT2D eigenvalue weighted by Gasteiger charge is 2.87. The molecule has 2 saturated carbocycles. The lowest BCUT2D eigenvalue weighted by Crippen LogP contribution is -2.79. The highest BCUT2D eigenvalue weighted by molar-refractivity contribution is 6.12. The van der Waals surface area contributed by atoms with E-state index in [0.29, 0.717) is 5.57 Å². The van der Waals surface area contributed by atoms with Crippen molar-refractivity contribution < 1.29 is 59.9 Å². The number of fused-ring (bicyclic) bond motifs is 6. The fraction of sp³-hybridized carbons (Fsp3) is 0.526. The van der Waals surface area contributed by atoms with Crippen molar-refractivity contribution in [3.05, 3.63) is 82.0 Å². The molecule has 2 aromatic rings. The second kappa shape index (κ2) is 9.69. The zero-order valence-corrected chi connectivity index (χ0v) is 27.5. The molecular formula is C38H40O12. The molecular weight excluding hydrogens is 648 g/mol. The van der Waals surface area contributed by atoms with E-state index in [2.05, 4.69) is 0 Å². The van der Waals surface area contributed by atoms with Crippen LogP contribution in [0.4, 0.5) is 0 Å². The quantitative estimate of drug-likeness (QED) is 0.167. The Labute approximate surface area is 286 Å². The Morgan fingerprint density at radius 2 is 1.30 bits per heavy atom. The minimum Gasteiger partial charge on any atom is -0.507 e. The van der Waals surface area contributed by atoms with Crippen molar-refractivity contribution in [1.82, 2.24) is 0 Å². The second-order valence-corrected chi connectivity index (χ2v) is 15.9. The van der Waals surface area contributed by atoms with Crippen molar-refractivity contribution in [3.63, 3.8) is 0 Å². The smallest absolute Gasteiger partial charge is 0.213 e. The van der Waals surface area contributed by atoms with Gasteiger partial charge in [-0.25, -0.2) is 0 Å². The standard InChI is InChI=1S/C38H40O12/c1-17-13-22(40)27-33(46,15-17)9-11-35(31(44)25-19(5-3-7-21(25)39)29(42)37(27,35)48)49-24-8-4-6-20-26(24)32(45)36-12-10-34(47)16-18(2)14-23(41)28(34)38(36,50-36)30(20)43/h3-8,13-14,22-23,27-30,39-43,46-48H,9-12,15-16H2,1-2H3/t22-,23-,27+,28+,29+,30+,33+,34+,35+,36-,37+,38+/m1/s1. The summed E-state index contributed by atoms with van der Waals surface area (Å²) >= 11 is 0. The summed E-state index contributed by atoms with van der Waals surface area (Å²) in [5.74, 6) is -4.76. The Morgan fingerprint density at radius 1 is 0.720 bits per heavy atom. The van der Waals surface area contributed by atoms with Gasteiger partial charge < -0.3 is 50.3 Å². The highest BCUT2D eigenvalue weighted by Crippen LogP contribution is 2.73. The number of rotatable bonds is 2. The van der Waals surface area contributed by atoms with E-state index in [0.717, 1.165) is 5.57 Å².